The largest absolute Gasteiger partial charge is 0.362 e. The summed E-state index contributed by atoms with van der Waals surface area (Å²) in [5.41, 5.74) is 2.27. The Morgan fingerprint density at radius 2 is 1.95 bits per heavy atom. The van der Waals surface area contributed by atoms with Gasteiger partial charge < -0.3 is 9.80 Å². The summed E-state index contributed by atoms with van der Waals surface area (Å²) in [6.45, 7) is 1.62. The van der Waals surface area contributed by atoms with Crippen molar-refractivity contribution in [2.45, 2.75) is 6.54 Å². The van der Waals surface area contributed by atoms with Crippen LogP contribution < -0.4 is 0 Å². The highest BCUT2D eigenvalue weighted by Crippen LogP contribution is 2.20. The molecule has 21 heavy (non-hydrogen) atoms. The average Bonchev–Trinajstić information content (AvgIpc) is 2.88. The molecule has 0 fully saturated rings. The SMILES string of the molecule is CN1C=CN(Cc2ccc(-c3ccc(F)c(F)c3)nc2)C1. The Balaban J connectivity index is 1.74. The summed E-state index contributed by atoms with van der Waals surface area (Å²) in [4.78, 5) is 8.57. The van der Waals surface area contributed by atoms with Crippen LogP contribution in [0.25, 0.3) is 11.3 Å². The van der Waals surface area contributed by atoms with Crippen LogP contribution >= 0.6 is 0 Å². The number of hydrogen-bond donors (Lipinski definition) is 0. The van der Waals surface area contributed by atoms with Crippen LogP contribution in [0.4, 0.5) is 8.78 Å². The van der Waals surface area contributed by atoms with Crippen molar-refractivity contribution in [2.75, 3.05) is 13.7 Å². The van der Waals surface area contributed by atoms with Crippen molar-refractivity contribution in [3.63, 3.8) is 0 Å². The molecule has 0 radical (unpaired) electrons. The number of nitrogens with zero attached hydrogens (tertiary/aromatic N) is 3. The monoisotopic (exact) mass is 287 g/mol. The van der Waals surface area contributed by atoms with Crippen LogP contribution in [0.2, 0.25) is 0 Å². The van der Waals surface area contributed by atoms with E-state index in [4.69, 9.17) is 0 Å². The molecule has 0 spiro atoms. The molecule has 2 heterocycles. The molecule has 5 heteroatoms. The van der Waals surface area contributed by atoms with Gasteiger partial charge in [0.25, 0.3) is 0 Å². The lowest BCUT2D eigenvalue weighted by Gasteiger charge is -2.18. The van der Waals surface area contributed by atoms with E-state index in [0.29, 0.717) is 11.3 Å². The van der Waals surface area contributed by atoms with E-state index in [9.17, 15) is 8.78 Å². The maximum absolute atomic E-state index is 13.2. The second-order valence-electron chi connectivity index (χ2n) is 5.12. The number of benzene rings is 1. The van der Waals surface area contributed by atoms with Crippen molar-refractivity contribution in [1.29, 1.82) is 0 Å². The molecule has 1 aromatic carbocycles. The van der Waals surface area contributed by atoms with Gasteiger partial charge in [0.1, 0.15) is 0 Å². The molecular weight excluding hydrogens is 272 g/mol. The number of pyridine rings is 1. The predicted octanol–water partition coefficient (Wildman–Crippen LogP) is 3.20. The van der Waals surface area contributed by atoms with Gasteiger partial charge >= 0.3 is 0 Å². The highest BCUT2D eigenvalue weighted by molar-refractivity contribution is 5.59. The number of halogens is 2. The van der Waals surface area contributed by atoms with Crippen molar-refractivity contribution in [2.24, 2.45) is 0 Å². The molecule has 0 aliphatic carbocycles. The lowest BCUT2D eigenvalue weighted by molar-refractivity contribution is 0.290. The topological polar surface area (TPSA) is 19.4 Å². The lowest BCUT2D eigenvalue weighted by Crippen LogP contribution is -2.21. The number of aromatic nitrogens is 1. The first-order chi connectivity index (χ1) is 10.1. The molecule has 0 N–H and O–H groups in total. The minimum atomic E-state index is -0.858. The van der Waals surface area contributed by atoms with E-state index in [0.717, 1.165) is 30.9 Å². The van der Waals surface area contributed by atoms with Gasteiger partial charge in [-0.3, -0.25) is 4.98 Å². The Kier molecular flexibility index (Phi) is 3.56. The Bertz CT molecular complexity index is 668. The summed E-state index contributed by atoms with van der Waals surface area (Å²) < 4.78 is 26.2. The quantitative estimate of drug-likeness (QED) is 0.864. The van der Waals surface area contributed by atoms with Crippen LogP contribution in [-0.4, -0.2) is 28.5 Å². The second kappa shape index (κ2) is 5.52. The number of rotatable bonds is 3. The van der Waals surface area contributed by atoms with Crippen molar-refractivity contribution < 1.29 is 8.78 Å². The number of hydrogen-bond acceptors (Lipinski definition) is 3. The summed E-state index contributed by atoms with van der Waals surface area (Å²) in [5.74, 6) is -1.70. The van der Waals surface area contributed by atoms with E-state index in [-0.39, 0.29) is 0 Å². The maximum Gasteiger partial charge on any atom is 0.159 e. The van der Waals surface area contributed by atoms with Crippen molar-refractivity contribution in [3.05, 3.63) is 66.1 Å². The van der Waals surface area contributed by atoms with Crippen LogP contribution in [0.1, 0.15) is 5.56 Å². The van der Waals surface area contributed by atoms with E-state index < -0.39 is 11.6 Å². The van der Waals surface area contributed by atoms with Crippen LogP contribution in [-0.2, 0) is 6.54 Å². The van der Waals surface area contributed by atoms with Crippen molar-refractivity contribution >= 4 is 0 Å². The molecule has 0 amide bonds. The minimum Gasteiger partial charge on any atom is -0.362 e. The first-order valence-corrected chi connectivity index (χ1v) is 6.65. The van der Waals surface area contributed by atoms with Crippen molar-refractivity contribution in [1.82, 2.24) is 14.8 Å². The molecule has 1 aromatic heterocycles. The maximum atomic E-state index is 13.2. The van der Waals surface area contributed by atoms with E-state index in [1.165, 1.54) is 6.07 Å². The van der Waals surface area contributed by atoms with E-state index in [1.807, 2.05) is 31.6 Å². The van der Waals surface area contributed by atoms with Gasteiger partial charge in [-0.15, -0.1) is 0 Å². The van der Waals surface area contributed by atoms with Gasteiger partial charge in [-0.1, -0.05) is 6.07 Å². The Morgan fingerprint density at radius 1 is 1.10 bits per heavy atom. The van der Waals surface area contributed by atoms with Crippen LogP contribution in [0.3, 0.4) is 0 Å². The lowest BCUT2D eigenvalue weighted by atomic mass is 10.1. The smallest absolute Gasteiger partial charge is 0.159 e. The van der Waals surface area contributed by atoms with Gasteiger partial charge in [0.05, 0.1) is 12.4 Å². The zero-order chi connectivity index (χ0) is 14.8. The van der Waals surface area contributed by atoms with E-state index in [2.05, 4.69) is 14.8 Å². The van der Waals surface area contributed by atoms with Crippen LogP contribution in [0.5, 0.6) is 0 Å². The summed E-state index contributed by atoms with van der Waals surface area (Å²) >= 11 is 0. The minimum absolute atomic E-state index is 0.571. The Labute approximate surface area is 122 Å². The highest BCUT2D eigenvalue weighted by atomic mass is 19.2. The molecule has 1 aliphatic heterocycles. The molecule has 0 saturated heterocycles. The first kappa shape index (κ1) is 13.5. The fourth-order valence-corrected chi connectivity index (χ4v) is 2.27. The molecule has 0 bridgehead atoms. The van der Waals surface area contributed by atoms with E-state index in [1.54, 1.807) is 6.20 Å². The first-order valence-electron chi connectivity index (χ1n) is 6.65. The van der Waals surface area contributed by atoms with Crippen LogP contribution in [0, 0.1) is 11.6 Å². The molecule has 3 rings (SSSR count). The molecule has 2 aromatic rings. The standard InChI is InChI=1S/C16H15F2N3/c1-20-6-7-21(11-20)10-12-2-5-16(19-9-12)13-3-4-14(17)15(18)8-13/h2-9H,10-11H2,1H3. The van der Waals surface area contributed by atoms with Gasteiger partial charge in [0.15, 0.2) is 11.6 Å². The highest BCUT2D eigenvalue weighted by Gasteiger charge is 2.10. The fourth-order valence-electron chi connectivity index (χ4n) is 2.27. The van der Waals surface area contributed by atoms with Crippen LogP contribution in [0.15, 0.2) is 48.9 Å². The molecule has 0 unspecified atom stereocenters. The Morgan fingerprint density at radius 3 is 2.57 bits per heavy atom. The van der Waals surface area contributed by atoms with Gasteiger partial charge in [-0.2, -0.15) is 0 Å². The molecule has 0 atom stereocenters. The van der Waals surface area contributed by atoms with Gasteiger partial charge in [0.2, 0.25) is 0 Å². The second-order valence-corrected chi connectivity index (χ2v) is 5.12. The normalized spacial score (nSPS) is 14.0. The third-order valence-electron chi connectivity index (χ3n) is 3.36. The third-order valence-corrected chi connectivity index (χ3v) is 3.36. The van der Waals surface area contributed by atoms with Crippen molar-refractivity contribution in [3.8, 4) is 11.3 Å². The van der Waals surface area contributed by atoms with Gasteiger partial charge in [-0.25, -0.2) is 8.78 Å². The summed E-state index contributed by atoms with van der Waals surface area (Å²) in [6, 6.07) is 7.58. The average molecular weight is 287 g/mol. The molecule has 1 aliphatic rings. The molecule has 108 valence electrons. The van der Waals surface area contributed by atoms with Gasteiger partial charge in [0, 0.05) is 37.8 Å². The predicted molar refractivity (Wildman–Crippen MR) is 76.9 cm³/mol. The summed E-state index contributed by atoms with van der Waals surface area (Å²) in [7, 11) is 2.01. The van der Waals surface area contributed by atoms with Gasteiger partial charge in [-0.05, 0) is 29.8 Å². The summed E-state index contributed by atoms with van der Waals surface area (Å²) in [5, 5.41) is 0. The molecule has 0 saturated carbocycles. The molecular formula is C16H15F2N3. The fraction of sp³-hybridized carbons (Fsp3) is 0.188. The third kappa shape index (κ3) is 3.02. The molecule has 3 nitrogen and oxygen atoms in total. The zero-order valence-electron chi connectivity index (χ0n) is 11.6. The summed E-state index contributed by atoms with van der Waals surface area (Å²) in [6.07, 6.45) is 5.81. The Hall–Kier alpha value is -2.43. The van der Waals surface area contributed by atoms with E-state index >= 15 is 0 Å². The zero-order valence-corrected chi connectivity index (χ0v) is 11.6.